The second kappa shape index (κ2) is 7.51. The summed E-state index contributed by atoms with van der Waals surface area (Å²) in [5.41, 5.74) is 2.96. The maximum atomic E-state index is 12.6. The molecule has 136 valence electrons. The second-order valence-electron chi connectivity index (χ2n) is 5.26. The standard InChI is InChI=1S/C16H10N4O5S2/c21-15-14(9-10-4-3-5-11(8-10)19(22)23)27-16(26)18(15)17-12-6-1-2-7-13(12)20(24)25/h1-9,17H/b14-9+. The molecule has 0 saturated carbocycles. The van der Waals surface area contributed by atoms with Crippen molar-refractivity contribution in [2.45, 2.75) is 0 Å². The lowest BCUT2D eigenvalue weighted by Gasteiger charge is -2.16. The zero-order valence-corrected chi connectivity index (χ0v) is 15.0. The lowest BCUT2D eigenvalue weighted by atomic mass is 10.2. The number of anilines is 1. The lowest BCUT2D eigenvalue weighted by molar-refractivity contribution is -0.384. The normalized spacial score (nSPS) is 15.3. The van der Waals surface area contributed by atoms with Crippen LogP contribution in [0.3, 0.4) is 0 Å². The van der Waals surface area contributed by atoms with Gasteiger partial charge >= 0.3 is 0 Å². The van der Waals surface area contributed by atoms with Gasteiger partial charge in [-0.15, -0.1) is 0 Å². The number of thiocarbonyl (C=S) groups is 1. The highest BCUT2D eigenvalue weighted by Crippen LogP contribution is 2.34. The van der Waals surface area contributed by atoms with Crippen LogP contribution in [0.25, 0.3) is 6.08 Å². The van der Waals surface area contributed by atoms with Crippen LogP contribution in [0.2, 0.25) is 0 Å². The fraction of sp³-hybridized carbons (Fsp3) is 0. The molecule has 1 saturated heterocycles. The summed E-state index contributed by atoms with van der Waals surface area (Å²) in [5, 5.41) is 23.0. The fourth-order valence-electron chi connectivity index (χ4n) is 2.29. The highest BCUT2D eigenvalue weighted by molar-refractivity contribution is 8.26. The van der Waals surface area contributed by atoms with E-state index in [0.29, 0.717) is 5.56 Å². The van der Waals surface area contributed by atoms with E-state index >= 15 is 0 Å². The number of amides is 1. The summed E-state index contributed by atoms with van der Waals surface area (Å²) in [4.78, 5) is 33.7. The molecular weight excluding hydrogens is 392 g/mol. The van der Waals surface area contributed by atoms with Crippen molar-refractivity contribution >= 4 is 57.3 Å². The summed E-state index contributed by atoms with van der Waals surface area (Å²) in [5.74, 6) is -0.505. The average molecular weight is 402 g/mol. The van der Waals surface area contributed by atoms with Gasteiger partial charge in [-0.05, 0) is 29.9 Å². The molecule has 0 atom stereocenters. The molecular formula is C16H10N4O5S2. The van der Waals surface area contributed by atoms with Gasteiger partial charge in [-0.25, -0.2) is 5.01 Å². The lowest BCUT2D eigenvalue weighted by Crippen LogP contribution is -2.34. The van der Waals surface area contributed by atoms with Crippen molar-refractivity contribution in [2.24, 2.45) is 0 Å². The Morgan fingerprint density at radius 2 is 1.81 bits per heavy atom. The SMILES string of the molecule is O=C1/C(=C\c2cccc([N+](=O)[O-])c2)SC(=S)N1Nc1ccccc1[N+](=O)[O-]. The summed E-state index contributed by atoms with van der Waals surface area (Å²) >= 11 is 6.16. The molecule has 0 spiro atoms. The van der Waals surface area contributed by atoms with Crippen LogP contribution < -0.4 is 5.43 Å². The van der Waals surface area contributed by atoms with Crippen LogP contribution in [0.1, 0.15) is 5.56 Å². The number of nitrogens with one attached hydrogen (secondary N) is 1. The van der Waals surface area contributed by atoms with E-state index < -0.39 is 15.8 Å². The van der Waals surface area contributed by atoms with Crippen LogP contribution in [0.5, 0.6) is 0 Å². The van der Waals surface area contributed by atoms with Crippen molar-refractivity contribution in [1.82, 2.24) is 5.01 Å². The Morgan fingerprint density at radius 1 is 1.07 bits per heavy atom. The van der Waals surface area contributed by atoms with E-state index in [-0.39, 0.29) is 26.3 Å². The third-order valence-corrected chi connectivity index (χ3v) is 4.81. The van der Waals surface area contributed by atoms with Crippen molar-refractivity contribution < 1.29 is 14.6 Å². The van der Waals surface area contributed by atoms with Gasteiger partial charge in [-0.2, -0.15) is 0 Å². The zero-order valence-electron chi connectivity index (χ0n) is 13.4. The van der Waals surface area contributed by atoms with Gasteiger partial charge in [0.1, 0.15) is 5.69 Å². The van der Waals surface area contributed by atoms with E-state index in [0.717, 1.165) is 16.8 Å². The molecule has 1 aliphatic rings. The quantitative estimate of drug-likeness (QED) is 0.348. The van der Waals surface area contributed by atoms with Crippen molar-refractivity contribution in [3.05, 3.63) is 79.2 Å². The van der Waals surface area contributed by atoms with Crippen LogP contribution in [0.4, 0.5) is 17.1 Å². The molecule has 0 bridgehead atoms. The third-order valence-electron chi connectivity index (χ3n) is 3.51. The zero-order chi connectivity index (χ0) is 19.6. The number of carbonyl (C=O) groups is 1. The molecule has 1 N–H and O–H groups in total. The minimum Gasteiger partial charge on any atom is -0.283 e. The monoisotopic (exact) mass is 402 g/mol. The summed E-state index contributed by atoms with van der Waals surface area (Å²) < 4.78 is 0.162. The van der Waals surface area contributed by atoms with E-state index in [9.17, 15) is 25.0 Å². The van der Waals surface area contributed by atoms with Crippen molar-refractivity contribution in [2.75, 3.05) is 5.43 Å². The molecule has 27 heavy (non-hydrogen) atoms. The first-order valence-corrected chi connectivity index (χ1v) is 8.62. The molecule has 9 nitrogen and oxygen atoms in total. The van der Waals surface area contributed by atoms with Gasteiger partial charge in [0.25, 0.3) is 17.3 Å². The molecule has 11 heteroatoms. The number of carbonyl (C=O) groups excluding carboxylic acids is 1. The molecule has 1 amide bonds. The molecule has 0 aliphatic carbocycles. The van der Waals surface area contributed by atoms with E-state index in [1.165, 1.54) is 42.5 Å². The summed E-state index contributed by atoms with van der Waals surface area (Å²) in [6.45, 7) is 0. The first-order chi connectivity index (χ1) is 12.9. The highest BCUT2D eigenvalue weighted by Gasteiger charge is 2.33. The topological polar surface area (TPSA) is 119 Å². The number of nitrogens with zero attached hydrogens (tertiary/aromatic N) is 3. The number of non-ortho nitro benzene ring substituents is 1. The number of hydrazine groups is 1. The van der Waals surface area contributed by atoms with Gasteiger partial charge in [0.2, 0.25) is 0 Å². The fourth-order valence-corrected chi connectivity index (χ4v) is 3.47. The van der Waals surface area contributed by atoms with Crippen LogP contribution in [-0.2, 0) is 4.79 Å². The molecule has 2 aromatic carbocycles. The minimum absolute atomic E-state index is 0.0998. The van der Waals surface area contributed by atoms with Crippen LogP contribution in [0.15, 0.2) is 53.4 Å². The third kappa shape index (κ3) is 3.93. The molecule has 2 aromatic rings. The minimum atomic E-state index is -0.571. The van der Waals surface area contributed by atoms with E-state index in [1.807, 2.05) is 0 Å². The first kappa shape index (κ1) is 18.5. The number of benzene rings is 2. The Kier molecular flexibility index (Phi) is 5.14. The summed E-state index contributed by atoms with van der Waals surface area (Å²) in [6.07, 6.45) is 1.48. The average Bonchev–Trinajstić information content (AvgIpc) is 2.89. The number of para-hydroxylation sites is 2. The van der Waals surface area contributed by atoms with E-state index in [4.69, 9.17) is 12.2 Å². The number of rotatable bonds is 5. The van der Waals surface area contributed by atoms with Crippen molar-refractivity contribution in [3.63, 3.8) is 0 Å². The van der Waals surface area contributed by atoms with Crippen LogP contribution >= 0.6 is 24.0 Å². The van der Waals surface area contributed by atoms with Crippen LogP contribution in [0, 0.1) is 20.2 Å². The van der Waals surface area contributed by atoms with Gasteiger partial charge in [-0.3, -0.25) is 30.4 Å². The maximum Gasteiger partial charge on any atom is 0.294 e. The number of thioether (sulfide) groups is 1. The number of nitro benzene ring substituents is 2. The Hall–Kier alpha value is -3.31. The van der Waals surface area contributed by atoms with Crippen LogP contribution in [-0.4, -0.2) is 25.1 Å². The van der Waals surface area contributed by atoms with Gasteiger partial charge in [0, 0.05) is 18.2 Å². The Labute approximate surface area is 161 Å². The molecule has 3 rings (SSSR count). The predicted molar refractivity (Wildman–Crippen MR) is 105 cm³/mol. The summed E-state index contributed by atoms with van der Waals surface area (Å²) in [7, 11) is 0. The van der Waals surface area contributed by atoms with E-state index in [1.54, 1.807) is 12.1 Å². The molecule has 0 unspecified atom stereocenters. The highest BCUT2D eigenvalue weighted by atomic mass is 32.2. The predicted octanol–water partition coefficient (Wildman–Crippen LogP) is 3.73. The first-order valence-electron chi connectivity index (χ1n) is 7.39. The molecule has 0 radical (unpaired) electrons. The molecule has 1 aliphatic heterocycles. The molecule has 0 aromatic heterocycles. The van der Waals surface area contributed by atoms with Crippen molar-refractivity contribution in [1.29, 1.82) is 0 Å². The molecule has 1 fully saturated rings. The number of hydrogen-bond donors (Lipinski definition) is 1. The Balaban J connectivity index is 1.87. The van der Waals surface area contributed by atoms with Gasteiger partial charge in [0.05, 0.1) is 14.8 Å². The van der Waals surface area contributed by atoms with Gasteiger partial charge < -0.3 is 0 Å². The van der Waals surface area contributed by atoms with Gasteiger partial charge in [0.15, 0.2) is 4.32 Å². The molecule has 1 heterocycles. The maximum absolute atomic E-state index is 12.6. The van der Waals surface area contributed by atoms with E-state index in [2.05, 4.69) is 5.43 Å². The Morgan fingerprint density at radius 3 is 2.52 bits per heavy atom. The summed E-state index contributed by atoms with van der Waals surface area (Å²) in [6, 6.07) is 11.7. The second-order valence-corrected chi connectivity index (χ2v) is 6.93. The number of nitro groups is 2. The largest absolute Gasteiger partial charge is 0.294 e. The Bertz CT molecular complexity index is 1010. The van der Waals surface area contributed by atoms with Gasteiger partial charge in [-0.1, -0.05) is 36.0 Å². The number of hydrogen-bond acceptors (Lipinski definition) is 8. The smallest absolute Gasteiger partial charge is 0.283 e. The van der Waals surface area contributed by atoms with Crippen molar-refractivity contribution in [3.8, 4) is 0 Å².